The van der Waals surface area contributed by atoms with Gasteiger partial charge in [-0.2, -0.15) is 0 Å². The van der Waals surface area contributed by atoms with Crippen LogP contribution in [0.25, 0.3) is 10.8 Å². The maximum absolute atomic E-state index is 13.0. The van der Waals surface area contributed by atoms with Gasteiger partial charge in [-0.25, -0.2) is 0 Å². The van der Waals surface area contributed by atoms with Crippen molar-refractivity contribution in [2.24, 2.45) is 0 Å². The number of benzene rings is 3. The number of rotatable bonds is 6. The standard InChI is InChI=1S/C28H29N5O2/c1-20-7-5-8-21(17-20)19-29-28(34)26-24-11-3-4-12-25(24)27(31-30-26)33-15-13-32(14-16-33)22-9-6-10-23(18-22)35-2/h3-12,17-18H,13-16,19H2,1-2H3,(H,29,34). The number of hydrogen-bond donors (Lipinski definition) is 1. The van der Waals surface area contributed by atoms with Crippen LogP contribution in [-0.4, -0.2) is 49.4 Å². The van der Waals surface area contributed by atoms with Crippen LogP contribution in [0.3, 0.4) is 0 Å². The maximum Gasteiger partial charge on any atom is 0.272 e. The molecule has 1 fully saturated rings. The van der Waals surface area contributed by atoms with Crippen LogP contribution in [0, 0.1) is 6.92 Å². The van der Waals surface area contributed by atoms with E-state index < -0.39 is 0 Å². The molecule has 0 bridgehead atoms. The minimum absolute atomic E-state index is 0.218. The van der Waals surface area contributed by atoms with E-state index in [1.54, 1.807) is 7.11 Å². The number of nitrogens with zero attached hydrogens (tertiary/aromatic N) is 4. The van der Waals surface area contributed by atoms with E-state index in [-0.39, 0.29) is 5.91 Å². The third-order valence-corrected chi connectivity index (χ3v) is 6.42. The van der Waals surface area contributed by atoms with Crippen molar-refractivity contribution in [3.05, 3.63) is 89.6 Å². The molecule has 0 atom stereocenters. The van der Waals surface area contributed by atoms with Crippen LogP contribution in [0.1, 0.15) is 21.6 Å². The number of carbonyl (C=O) groups excluding carboxylic acids is 1. The Bertz CT molecular complexity index is 1350. The van der Waals surface area contributed by atoms with Gasteiger partial charge in [-0.1, -0.05) is 60.2 Å². The molecule has 7 heteroatoms. The lowest BCUT2D eigenvalue weighted by Crippen LogP contribution is -2.47. The summed E-state index contributed by atoms with van der Waals surface area (Å²) in [7, 11) is 1.69. The molecule has 3 aromatic carbocycles. The summed E-state index contributed by atoms with van der Waals surface area (Å²) in [5.74, 6) is 1.46. The number of aromatic nitrogens is 2. The number of carbonyl (C=O) groups is 1. The Morgan fingerprint density at radius 1 is 0.886 bits per heavy atom. The van der Waals surface area contributed by atoms with Gasteiger partial charge in [0.25, 0.3) is 5.91 Å². The Hall–Kier alpha value is -4.13. The molecule has 1 aromatic heterocycles. The van der Waals surface area contributed by atoms with E-state index in [2.05, 4.69) is 43.5 Å². The SMILES string of the molecule is COc1cccc(N2CCN(c3nnc(C(=O)NCc4cccc(C)c4)c4ccccc34)CC2)c1. The molecule has 1 amide bonds. The molecule has 0 unspecified atom stereocenters. The summed E-state index contributed by atoms with van der Waals surface area (Å²) in [4.78, 5) is 17.6. The van der Waals surface area contributed by atoms with Crippen LogP contribution in [-0.2, 0) is 6.54 Å². The van der Waals surface area contributed by atoms with Crippen molar-refractivity contribution < 1.29 is 9.53 Å². The molecular formula is C28H29N5O2. The average Bonchev–Trinajstić information content (AvgIpc) is 2.91. The van der Waals surface area contributed by atoms with Gasteiger partial charge in [-0.3, -0.25) is 4.79 Å². The summed E-state index contributed by atoms with van der Waals surface area (Å²) in [5.41, 5.74) is 3.73. The predicted octanol–water partition coefficient (Wildman–Crippen LogP) is 4.20. The summed E-state index contributed by atoms with van der Waals surface area (Å²) in [6, 6.07) is 24.1. The third-order valence-electron chi connectivity index (χ3n) is 6.42. The summed E-state index contributed by atoms with van der Waals surface area (Å²) in [6.07, 6.45) is 0. The van der Waals surface area contributed by atoms with Gasteiger partial charge >= 0.3 is 0 Å². The average molecular weight is 468 g/mol. The van der Waals surface area contributed by atoms with Crippen LogP contribution in [0.5, 0.6) is 5.75 Å². The van der Waals surface area contributed by atoms with Gasteiger partial charge < -0.3 is 19.9 Å². The fraction of sp³-hybridized carbons (Fsp3) is 0.250. The molecule has 1 aliphatic rings. The number of nitrogens with one attached hydrogen (secondary N) is 1. The highest BCUT2D eigenvalue weighted by atomic mass is 16.5. The van der Waals surface area contributed by atoms with Gasteiger partial charge in [-0.05, 0) is 24.6 Å². The van der Waals surface area contributed by atoms with Crippen LogP contribution in [0.15, 0.2) is 72.8 Å². The van der Waals surface area contributed by atoms with Gasteiger partial charge in [0.15, 0.2) is 11.5 Å². The number of amides is 1. The molecule has 0 radical (unpaired) electrons. The van der Waals surface area contributed by atoms with E-state index in [4.69, 9.17) is 4.74 Å². The van der Waals surface area contributed by atoms with Crippen LogP contribution in [0.4, 0.5) is 11.5 Å². The Balaban J connectivity index is 1.33. The second-order valence-electron chi connectivity index (χ2n) is 8.77. The van der Waals surface area contributed by atoms with Crippen molar-refractivity contribution in [3.63, 3.8) is 0 Å². The highest BCUT2D eigenvalue weighted by Crippen LogP contribution is 2.28. The zero-order valence-corrected chi connectivity index (χ0v) is 20.1. The third kappa shape index (κ3) is 4.89. The lowest BCUT2D eigenvalue weighted by Gasteiger charge is -2.37. The number of piperazine rings is 1. The van der Waals surface area contributed by atoms with Crippen LogP contribution < -0.4 is 19.9 Å². The highest BCUT2D eigenvalue weighted by Gasteiger charge is 2.23. The minimum Gasteiger partial charge on any atom is -0.497 e. The number of hydrogen-bond acceptors (Lipinski definition) is 6. The van der Waals surface area contributed by atoms with Crippen molar-refractivity contribution in [3.8, 4) is 5.75 Å². The maximum atomic E-state index is 13.0. The quantitative estimate of drug-likeness (QED) is 0.458. The van der Waals surface area contributed by atoms with E-state index in [9.17, 15) is 4.79 Å². The zero-order chi connectivity index (χ0) is 24.2. The van der Waals surface area contributed by atoms with E-state index >= 15 is 0 Å². The summed E-state index contributed by atoms with van der Waals surface area (Å²) >= 11 is 0. The first-order chi connectivity index (χ1) is 17.1. The van der Waals surface area contributed by atoms with Gasteiger partial charge in [0.05, 0.1) is 7.11 Å². The van der Waals surface area contributed by atoms with Gasteiger partial charge in [-0.15, -0.1) is 10.2 Å². The first-order valence-electron chi connectivity index (χ1n) is 11.9. The van der Waals surface area contributed by atoms with Crippen molar-refractivity contribution >= 4 is 28.2 Å². The van der Waals surface area contributed by atoms with E-state index in [0.717, 1.165) is 65.3 Å². The minimum atomic E-state index is -0.218. The molecule has 0 saturated carbocycles. The molecule has 1 aliphatic heterocycles. The Morgan fingerprint density at radius 2 is 1.63 bits per heavy atom. The fourth-order valence-electron chi connectivity index (χ4n) is 4.56. The second-order valence-corrected chi connectivity index (χ2v) is 8.77. The summed E-state index contributed by atoms with van der Waals surface area (Å²) in [5, 5.41) is 13.7. The number of anilines is 2. The predicted molar refractivity (Wildman–Crippen MR) is 139 cm³/mol. The molecule has 5 rings (SSSR count). The number of ether oxygens (including phenoxy) is 1. The number of fused-ring (bicyclic) bond motifs is 1. The van der Waals surface area contributed by atoms with Crippen LogP contribution in [0.2, 0.25) is 0 Å². The van der Waals surface area contributed by atoms with Gasteiger partial charge in [0, 0.05) is 55.2 Å². The Morgan fingerprint density at radius 3 is 2.40 bits per heavy atom. The molecule has 1 saturated heterocycles. The van der Waals surface area contributed by atoms with Crippen molar-refractivity contribution in [1.82, 2.24) is 15.5 Å². The molecule has 178 valence electrons. The van der Waals surface area contributed by atoms with E-state index in [1.165, 1.54) is 0 Å². The van der Waals surface area contributed by atoms with Crippen molar-refractivity contribution in [2.45, 2.75) is 13.5 Å². The van der Waals surface area contributed by atoms with Gasteiger partial charge in [0.1, 0.15) is 5.75 Å². The lowest BCUT2D eigenvalue weighted by atomic mass is 10.1. The monoisotopic (exact) mass is 467 g/mol. The molecule has 2 heterocycles. The fourth-order valence-corrected chi connectivity index (χ4v) is 4.56. The zero-order valence-electron chi connectivity index (χ0n) is 20.1. The summed E-state index contributed by atoms with van der Waals surface area (Å²) in [6.45, 7) is 5.84. The van der Waals surface area contributed by atoms with E-state index in [1.807, 2.05) is 61.5 Å². The topological polar surface area (TPSA) is 70.6 Å². The molecular weight excluding hydrogens is 438 g/mol. The smallest absolute Gasteiger partial charge is 0.272 e. The first kappa shape index (κ1) is 22.7. The molecule has 7 nitrogen and oxygen atoms in total. The molecule has 0 aliphatic carbocycles. The number of aryl methyl sites for hydroxylation is 1. The van der Waals surface area contributed by atoms with E-state index in [0.29, 0.717) is 12.2 Å². The normalized spacial score (nSPS) is 13.7. The number of methoxy groups -OCH3 is 1. The Labute approximate surface area is 205 Å². The summed E-state index contributed by atoms with van der Waals surface area (Å²) < 4.78 is 5.37. The van der Waals surface area contributed by atoms with Crippen LogP contribution >= 0.6 is 0 Å². The largest absolute Gasteiger partial charge is 0.497 e. The Kier molecular flexibility index (Phi) is 6.48. The highest BCUT2D eigenvalue weighted by molar-refractivity contribution is 6.07. The molecule has 0 spiro atoms. The first-order valence-corrected chi connectivity index (χ1v) is 11.9. The van der Waals surface area contributed by atoms with Crippen molar-refractivity contribution in [2.75, 3.05) is 43.1 Å². The molecule has 35 heavy (non-hydrogen) atoms. The van der Waals surface area contributed by atoms with Crippen molar-refractivity contribution in [1.29, 1.82) is 0 Å². The second kappa shape index (κ2) is 10.0. The molecule has 4 aromatic rings. The molecule has 1 N–H and O–H groups in total. The van der Waals surface area contributed by atoms with Gasteiger partial charge in [0.2, 0.25) is 0 Å². The lowest BCUT2D eigenvalue weighted by molar-refractivity contribution is 0.0947.